The number of aryl methyl sites for hydroxylation is 1. The highest BCUT2D eigenvalue weighted by Crippen LogP contribution is 2.38. The molecule has 0 bridgehead atoms. The fourth-order valence-corrected chi connectivity index (χ4v) is 5.15. The van der Waals surface area contributed by atoms with Crippen molar-refractivity contribution < 1.29 is 27.9 Å². The van der Waals surface area contributed by atoms with Crippen molar-refractivity contribution in [3.8, 4) is 17.0 Å². The number of ether oxygens (including phenoxy) is 1. The number of benzene rings is 2. The number of thiazole rings is 1. The molecule has 0 unspecified atom stereocenters. The van der Waals surface area contributed by atoms with Gasteiger partial charge in [0.15, 0.2) is 11.7 Å². The first-order chi connectivity index (χ1) is 14.7. The predicted molar refractivity (Wildman–Crippen MR) is 115 cm³/mol. The number of aromatic nitrogens is 1. The van der Waals surface area contributed by atoms with Gasteiger partial charge in [0.2, 0.25) is 0 Å². The summed E-state index contributed by atoms with van der Waals surface area (Å²) in [6.45, 7) is 1.80. The van der Waals surface area contributed by atoms with Crippen molar-refractivity contribution in [2.75, 3.05) is 23.3 Å². The summed E-state index contributed by atoms with van der Waals surface area (Å²) in [4.78, 5) is 29.5. The minimum Gasteiger partial charge on any atom is -0.482 e. The van der Waals surface area contributed by atoms with E-state index in [4.69, 9.17) is 9.84 Å². The number of hydrogen-bond donors (Lipinski definition) is 2. The molecule has 2 aromatic carbocycles. The Labute approximate surface area is 182 Å². The molecule has 0 saturated heterocycles. The molecular weight excluding hydrogens is 442 g/mol. The molecule has 1 aromatic heterocycles. The molecule has 1 aliphatic rings. The van der Waals surface area contributed by atoms with Gasteiger partial charge < -0.3 is 14.7 Å². The highest BCUT2D eigenvalue weighted by atomic mass is 32.2. The second-order valence-electron chi connectivity index (χ2n) is 6.78. The standard InChI is InChI=1S/C20H17N3O6S2/c1-11-18(13-5-8-16-15(9-13)23(2)17(24)10-29-16)21-20(30-11)22-31(27,28)14-6-3-12(4-7-14)19(25)26/h3-9H,10H2,1-2H3,(H,21,22)(H,25,26). The number of aromatic carboxylic acids is 1. The molecule has 0 atom stereocenters. The smallest absolute Gasteiger partial charge is 0.335 e. The maximum atomic E-state index is 12.7. The second kappa shape index (κ2) is 7.67. The molecule has 0 spiro atoms. The van der Waals surface area contributed by atoms with Crippen molar-refractivity contribution >= 4 is 44.1 Å². The average molecular weight is 460 g/mol. The van der Waals surface area contributed by atoms with Crippen molar-refractivity contribution in [2.45, 2.75) is 11.8 Å². The summed E-state index contributed by atoms with van der Waals surface area (Å²) >= 11 is 1.17. The van der Waals surface area contributed by atoms with Gasteiger partial charge in [0.1, 0.15) is 5.75 Å². The Balaban J connectivity index is 1.62. The molecule has 1 amide bonds. The molecule has 11 heteroatoms. The predicted octanol–water partition coefficient (Wildman–Crippen LogP) is 2.97. The van der Waals surface area contributed by atoms with Gasteiger partial charge in [0, 0.05) is 17.5 Å². The molecule has 160 valence electrons. The van der Waals surface area contributed by atoms with Crippen LogP contribution in [-0.2, 0) is 14.8 Å². The number of carbonyl (C=O) groups is 2. The van der Waals surface area contributed by atoms with Crippen LogP contribution in [0.25, 0.3) is 11.3 Å². The maximum absolute atomic E-state index is 12.7. The van der Waals surface area contributed by atoms with Crippen LogP contribution in [0.4, 0.5) is 10.8 Å². The van der Waals surface area contributed by atoms with Crippen LogP contribution in [0.2, 0.25) is 0 Å². The van der Waals surface area contributed by atoms with Crippen molar-refractivity contribution in [1.82, 2.24) is 4.98 Å². The number of rotatable bonds is 5. The summed E-state index contributed by atoms with van der Waals surface area (Å²) in [5.41, 5.74) is 1.90. The Hall–Kier alpha value is -3.44. The van der Waals surface area contributed by atoms with Gasteiger partial charge >= 0.3 is 5.97 Å². The van der Waals surface area contributed by atoms with Crippen molar-refractivity contribution in [1.29, 1.82) is 0 Å². The molecule has 3 aromatic rings. The van der Waals surface area contributed by atoms with Gasteiger partial charge in [0.05, 0.1) is 21.8 Å². The van der Waals surface area contributed by atoms with E-state index < -0.39 is 16.0 Å². The molecular formula is C20H17N3O6S2. The third-order valence-corrected chi connectivity index (χ3v) is 7.12. The van der Waals surface area contributed by atoms with Crippen LogP contribution in [-0.4, -0.2) is 44.0 Å². The lowest BCUT2D eigenvalue weighted by atomic mass is 10.1. The largest absolute Gasteiger partial charge is 0.482 e. The molecule has 0 saturated carbocycles. The van der Waals surface area contributed by atoms with Crippen molar-refractivity contribution in [2.24, 2.45) is 0 Å². The third-order valence-electron chi connectivity index (χ3n) is 4.75. The molecule has 9 nitrogen and oxygen atoms in total. The van der Waals surface area contributed by atoms with Gasteiger partial charge in [0.25, 0.3) is 15.9 Å². The summed E-state index contributed by atoms with van der Waals surface area (Å²) in [5, 5.41) is 9.13. The molecule has 0 radical (unpaired) electrons. The van der Waals surface area contributed by atoms with E-state index in [9.17, 15) is 18.0 Å². The highest BCUT2D eigenvalue weighted by Gasteiger charge is 2.24. The van der Waals surface area contributed by atoms with Crippen LogP contribution < -0.4 is 14.4 Å². The van der Waals surface area contributed by atoms with Crippen LogP contribution in [0.1, 0.15) is 15.2 Å². The van der Waals surface area contributed by atoms with E-state index in [1.165, 1.54) is 40.5 Å². The first-order valence-corrected chi connectivity index (χ1v) is 11.3. The Morgan fingerprint density at radius 3 is 2.61 bits per heavy atom. The molecule has 0 aliphatic carbocycles. The summed E-state index contributed by atoms with van der Waals surface area (Å²) in [6, 6.07) is 10.2. The molecule has 2 N–H and O–H groups in total. The van der Waals surface area contributed by atoms with Gasteiger partial charge in [-0.15, -0.1) is 11.3 Å². The van der Waals surface area contributed by atoms with Gasteiger partial charge in [-0.25, -0.2) is 18.2 Å². The molecule has 0 fully saturated rings. The first-order valence-electron chi connectivity index (χ1n) is 9.03. The van der Waals surface area contributed by atoms with Crippen LogP contribution in [0.15, 0.2) is 47.4 Å². The van der Waals surface area contributed by atoms with Gasteiger partial charge in [-0.05, 0) is 49.4 Å². The highest BCUT2D eigenvalue weighted by molar-refractivity contribution is 7.93. The number of hydrogen-bond acceptors (Lipinski definition) is 7. The summed E-state index contributed by atoms with van der Waals surface area (Å²) in [7, 11) is -2.28. The number of fused-ring (bicyclic) bond motifs is 1. The summed E-state index contributed by atoms with van der Waals surface area (Å²) in [5.74, 6) is -0.716. The quantitative estimate of drug-likeness (QED) is 0.601. The monoisotopic (exact) mass is 459 g/mol. The zero-order chi connectivity index (χ0) is 22.3. The normalized spacial score (nSPS) is 13.5. The maximum Gasteiger partial charge on any atom is 0.335 e. The number of likely N-dealkylation sites (N-methyl/N-ethyl adjacent to an activating group) is 1. The number of sulfonamides is 1. The number of anilines is 2. The van der Waals surface area contributed by atoms with Crippen molar-refractivity contribution in [3.63, 3.8) is 0 Å². The Bertz CT molecular complexity index is 1300. The minimum absolute atomic E-state index is 0.00818. The zero-order valence-electron chi connectivity index (χ0n) is 16.4. The lowest BCUT2D eigenvalue weighted by Crippen LogP contribution is -2.35. The van der Waals surface area contributed by atoms with Gasteiger partial charge in [-0.3, -0.25) is 9.52 Å². The second-order valence-corrected chi connectivity index (χ2v) is 9.67. The van der Waals surface area contributed by atoms with Crippen LogP contribution >= 0.6 is 11.3 Å². The van der Waals surface area contributed by atoms with E-state index >= 15 is 0 Å². The summed E-state index contributed by atoms with van der Waals surface area (Å²) < 4.78 is 33.2. The number of carboxylic acid groups (broad SMARTS) is 1. The number of nitrogens with one attached hydrogen (secondary N) is 1. The minimum atomic E-state index is -3.94. The topological polar surface area (TPSA) is 126 Å². The molecule has 31 heavy (non-hydrogen) atoms. The number of amides is 1. The van der Waals surface area contributed by atoms with E-state index in [-0.39, 0.29) is 28.1 Å². The number of carbonyl (C=O) groups excluding carboxylic acids is 1. The van der Waals surface area contributed by atoms with Crippen LogP contribution in [0.3, 0.4) is 0 Å². The SMILES string of the molecule is Cc1sc(NS(=O)(=O)c2ccc(C(=O)O)cc2)nc1-c1ccc2c(c1)N(C)C(=O)CO2. The van der Waals surface area contributed by atoms with Gasteiger partial charge in [-0.1, -0.05) is 0 Å². The van der Waals surface area contributed by atoms with Crippen LogP contribution in [0.5, 0.6) is 5.75 Å². The number of carboxylic acids is 1. The Morgan fingerprint density at radius 1 is 1.23 bits per heavy atom. The zero-order valence-corrected chi connectivity index (χ0v) is 18.1. The Morgan fingerprint density at radius 2 is 1.94 bits per heavy atom. The third kappa shape index (κ3) is 3.97. The fraction of sp³-hybridized carbons (Fsp3) is 0.150. The molecule has 2 heterocycles. The fourth-order valence-electron chi connectivity index (χ4n) is 3.08. The van der Waals surface area contributed by atoms with E-state index in [1.54, 1.807) is 25.2 Å². The van der Waals surface area contributed by atoms with Crippen molar-refractivity contribution in [3.05, 3.63) is 52.9 Å². The van der Waals surface area contributed by atoms with Crippen LogP contribution in [0, 0.1) is 6.92 Å². The lowest BCUT2D eigenvalue weighted by Gasteiger charge is -2.26. The Kier molecular flexibility index (Phi) is 5.15. The first kappa shape index (κ1) is 20.8. The van der Waals surface area contributed by atoms with E-state index in [1.807, 2.05) is 6.92 Å². The van der Waals surface area contributed by atoms with Gasteiger partial charge in [-0.2, -0.15) is 0 Å². The van der Waals surface area contributed by atoms with E-state index in [0.29, 0.717) is 22.7 Å². The van der Waals surface area contributed by atoms with E-state index in [2.05, 4.69) is 9.71 Å². The lowest BCUT2D eigenvalue weighted by molar-refractivity contribution is -0.120. The molecule has 4 rings (SSSR count). The average Bonchev–Trinajstić information content (AvgIpc) is 3.10. The van der Waals surface area contributed by atoms with E-state index in [0.717, 1.165) is 4.88 Å². The molecule has 1 aliphatic heterocycles. The summed E-state index contributed by atoms with van der Waals surface area (Å²) in [6.07, 6.45) is 0. The number of nitrogens with zero attached hydrogens (tertiary/aromatic N) is 2.